The first-order valence-electron chi connectivity index (χ1n) is 5.29. The molecule has 19 heavy (non-hydrogen) atoms. The molecule has 0 saturated heterocycles. The van der Waals surface area contributed by atoms with E-state index in [9.17, 15) is 9.18 Å². The molecule has 0 spiro atoms. The van der Waals surface area contributed by atoms with E-state index in [1.165, 1.54) is 30.3 Å². The van der Waals surface area contributed by atoms with Gasteiger partial charge in [-0.05, 0) is 52.3 Å². The number of carbonyl (C=O) groups is 1. The number of halogens is 3. The van der Waals surface area contributed by atoms with Crippen LogP contribution in [0.25, 0.3) is 0 Å². The molecule has 0 saturated carbocycles. The summed E-state index contributed by atoms with van der Waals surface area (Å²) in [5.74, 6) is -0.830. The number of nitrogen functional groups attached to an aromatic ring is 1. The van der Waals surface area contributed by atoms with Crippen LogP contribution in [0.3, 0.4) is 0 Å². The molecule has 98 valence electrons. The summed E-state index contributed by atoms with van der Waals surface area (Å²) in [5, 5.41) is 2.97. The SMILES string of the molecule is Nc1cc(C(=O)Nc2cc(F)ccc2Br)ccc1Cl. The second-order valence-corrected chi connectivity index (χ2v) is 5.08. The van der Waals surface area contributed by atoms with Crippen LogP contribution in [0.15, 0.2) is 40.9 Å². The lowest BCUT2D eigenvalue weighted by molar-refractivity contribution is 0.102. The Morgan fingerprint density at radius 2 is 2.00 bits per heavy atom. The smallest absolute Gasteiger partial charge is 0.255 e. The predicted octanol–water partition coefficient (Wildman–Crippen LogP) is 4.08. The van der Waals surface area contributed by atoms with Crippen molar-refractivity contribution < 1.29 is 9.18 Å². The molecule has 0 radical (unpaired) electrons. The van der Waals surface area contributed by atoms with E-state index >= 15 is 0 Å². The maximum Gasteiger partial charge on any atom is 0.255 e. The van der Waals surface area contributed by atoms with Crippen molar-refractivity contribution in [3.05, 3.63) is 57.3 Å². The van der Waals surface area contributed by atoms with Gasteiger partial charge in [-0.3, -0.25) is 4.79 Å². The predicted molar refractivity (Wildman–Crippen MR) is 77.9 cm³/mol. The minimum atomic E-state index is -0.436. The van der Waals surface area contributed by atoms with E-state index in [2.05, 4.69) is 21.2 Å². The third kappa shape index (κ3) is 3.24. The third-order valence-electron chi connectivity index (χ3n) is 2.43. The van der Waals surface area contributed by atoms with Crippen molar-refractivity contribution in [2.24, 2.45) is 0 Å². The Balaban J connectivity index is 2.25. The van der Waals surface area contributed by atoms with Gasteiger partial charge in [0.1, 0.15) is 5.82 Å². The maximum atomic E-state index is 13.1. The molecular weight excluding hydrogens is 335 g/mol. The largest absolute Gasteiger partial charge is 0.398 e. The van der Waals surface area contributed by atoms with Gasteiger partial charge < -0.3 is 11.1 Å². The van der Waals surface area contributed by atoms with E-state index in [1.54, 1.807) is 6.07 Å². The summed E-state index contributed by atoms with van der Waals surface area (Å²) in [6.07, 6.45) is 0. The van der Waals surface area contributed by atoms with E-state index in [4.69, 9.17) is 17.3 Å². The Morgan fingerprint density at radius 3 is 2.68 bits per heavy atom. The summed E-state index contributed by atoms with van der Waals surface area (Å²) in [4.78, 5) is 12.0. The molecule has 3 N–H and O–H groups in total. The van der Waals surface area contributed by atoms with E-state index in [1.807, 2.05) is 0 Å². The summed E-state index contributed by atoms with van der Waals surface area (Å²) in [6.45, 7) is 0. The Bertz CT molecular complexity index is 649. The highest BCUT2D eigenvalue weighted by Crippen LogP contribution is 2.25. The molecule has 6 heteroatoms. The quantitative estimate of drug-likeness (QED) is 0.807. The number of hydrogen-bond donors (Lipinski definition) is 2. The van der Waals surface area contributed by atoms with Gasteiger partial charge in [-0.25, -0.2) is 4.39 Å². The number of benzene rings is 2. The van der Waals surface area contributed by atoms with Crippen LogP contribution in [0.2, 0.25) is 5.02 Å². The lowest BCUT2D eigenvalue weighted by Gasteiger charge is -2.08. The molecule has 2 aromatic rings. The van der Waals surface area contributed by atoms with Crippen molar-refractivity contribution >= 4 is 44.8 Å². The van der Waals surface area contributed by atoms with Crippen molar-refractivity contribution in [3.63, 3.8) is 0 Å². The summed E-state index contributed by atoms with van der Waals surface area (Å²) in [7, 11) is 0. The molecule has 2 rings (SSSR count). The zero-order valence-electron chi connectivity index (χ0n) is 9.58. The number of anilines is 2. The minimum absolute atomic E-state index is 0.313. The van der Waals surface area contributed by atoms with Crippen LogP contribution in [0.5, 0.6) is 0 Å². The van der Waals surface area contributed by atoms with Crippen LogP contribution in [-0.4, -0.2) is 5.91 Å². The van der Waals surface area contributed by atoms with E-state index in [0.717, 1.165) is 0 Å². The van der Waals surface area contributed by atoms with Crippen molar-refractivity contribution in [2.45, 2.75) is 0 Å². The van der Waals surface area contributed by atoms with Crippen LogP contribution < -0.4 is 11.1 Å². The second kappa shape index (κ2) is 5.59. The van der Waals surface area contributed by atoms with Gasteiger partial charge >= 0.3 is 0 Å². The summed E-state index contributed by atoms with van der Waals surface area (Å²) < 4.78 is 13.7. The Kier molecular flexibility index (Phi) is 4.07. The number of carbonyl (C=O) groups excluding carboxylic acids is 1. The molecule has 0 heterocycles. The molecule has 0 aliphatic rings. The van der Waals surface area contributed by atoms with Gasteiger partial charge in [0.15, 0.2) is 0 Å². The zero-order chi connectivity index (χ0) is 14.0. The monoisotopic (exact) mass is 342 g/mol. The van der Waals surface area contributed by atoms with Crippen LogP contribution in [0, 0.1) is 5.82 Å². The molecular formula is C13H9BrClFN2O. The van der Waals surface area contributed by atoms with Gasteiger partial charge in [0.25, 0.3) is 5.91 Å². The number of amides is 1. The number of nitrogens with two attached hydrogens (primary N) is 1. The lowest BCUT2D eigenvalue weighted by Crippen LogP contribution is -2.12. The first-order chi connectivity index (χ1) is 8.97. The van der Waals surface area contributed by atoms with Gasteiger partial charge in [-0.15, -0.1) is 0 Å². The highest BCUT2D eigenvalue weighted by atomic mass is 79.9. The van der Waals surface area contributed by atoms with E-state index < -0.39 is 11.7 Å². The molecule has 2 aromatic carbocycles. The highest BCUT2D eigenvalue weighted by Gasteiger charge is 2.10. The van der Waals surface area contributed by atoms with E-state index in [-0.39, 0.29) is 0 Å². The average Bonchev–Trinajstić information content (AvgIpc) is 2.37. The Labute approximate surface area is 122 Å². The summed E-state index contributed by atoms with van der Waals surface area (Å²) >= 11 is 9.01. The normalized spacial score (nSPS) is 10.3. The van der Waals surface area contributed by atoms with Crippen LogP contribution in [-0.2, 0) is 0 Å². The molecule has 3 nitrogen and oxygen atoms in total. The van der Waals surface area contributed by atoms with Crippen molar-refractivity contribution in [1.82, 2.24) is 0 Å². The van der Waals surface area contributed by atoms with Crippen molar-refractivity contribution in [3.8, 4) is 0 Å². The fraction of sp³-hybridized carbons (Fsp3) is 0. The maximum absolute atomic E-state index is 13.1. The highest BCUT2D eigenvalue weighted by molar-refractivity contribution is 9.10. The minimum Gasteiger partial charge on any atom is -0.398 e. The lowest BCUT2D eigenvalue weighted by atomic mass is 10.2. The summed E-state index contributed by atoms with van der Waals surface area (Å²) in [5.41, 5.74) is 6.63. The first-order valence-corrected chi connectivity index (χ1v) is 6.46. The van der Waals surface area contributed by atoms with Crippen LogP contribution in [0.1, 0.15) is 10.4 Å². The first kappa shape index (κ1) is 13.8. The third-order valence-corrected chi connectivity index (χ3v) is 3.47. The number of rotatable bonds is 2. The fourth-order valence-electron chi connectivity index (χ4n) is 1.47. The van der Waals surface area contributed by atoms with Gasteiger partial charge in [-0.2, -0.15) is 0 Å². The second-order valence-electron chi connectivity index (χ2n) is 3.81. The van der Waals surface area contributed by atoms with Gasteiger partial charge in [-0.1, -0.05) is 11.6 Å². The van der Waals surface area contributed by atoms with E-state index in [0.29, 0.717) is 26.4 Å². The van der Waals surface area contributed by atoms with Gasteiger partial charge in [0, 0.05) is 10.0 Å². The molecule has 0 aliphatic carbocycles. The van der Waals surface area contributed by atoms with Crippen LogP contribution in [0.4, 0.5) is 15.8 Å². The zero-order valence-corrected chi connectivity index (χ0v) is 11.9. The van der Waals surface area contributed by atoms with Crippen molar-refractivity contribution in [1.29, 1.82) is 0 Å². The van der Waals surface area contributed by atoms with Crippen LogP contribution >= 0.6 is 27.5 Å². The molecule has 0 aromatic heterocycles. The molecule has 1 amide bonds. The Morgan fingerprint density at radius 1 is 1.26 bits per heavy atom. The number of hydrogen-bond acceptors (Lipinski definition) is 2. The topological polar surface area (TPSA) is 55.1 Å². The number of nitrogens with one attached hydrogen (secondary N) is 1. The van der Waals surface area contributed by atoms with Crippen molar-refractivity contribution in [2.75, 3.05) is 11.1 Å². The molecule has 0 unspecified atom stereocenters. The molecule has 0 aliphatic heterocycles. The molecule has 0 bridgehead atoms. The van der Waals surface area contributed by atoms with Gasteiger partial charge in [0.2, 0.25) is 0 Å². The van der Waals surface area contributed by atoms with Gasteiger partial charge in [0.05, 0.1) is 16.4 Å². The molecule has 0 fully saturated rings. The fourth-order valence-corrected chi connectivity index (χ4v) is 1.94. The average molecular weight is 344 g/mol. The standard InChI is InChI=1S/C13H9BrClFN2O/c14-9-3-2-8(16)6-12(9)18-13(19)7-1-4-10(15)11(17)5-7/h1-6H,17H2,(H,18,19). The molecule has 0 atom stereocenters. The summed E-state index contributed by atoms with van der Waals surface area (Å²) in [6, 6.07) is 8.57. The Hall–Kier alpha value is -1.59.